The molecule has 0 atom stereocenters. The number of phenols is 2. The van der Waals surface area contributed by atoms with Gasteiger partial charge in [0.05, 0.1) is 12.1 Å². The molecule has 0 fully saturated rings. The first-order valence-electron chi connectivity index (χ1n) is 9.18. The Morgan fingerprint density at radius 2 is 1.71 bits per heavy atom. The van der Waals surface area contributed by atoms with Crippen molar-refractivity contribution in [1.82, 2.24) is 4.98 Å². The molecule has 8 heteroatoms. The zero-order valence-electron chi connectivity index (χ0n) is 15.9. The Labute approximate surface area is 186 Å². The Balaban J connectivity index is 1.78. The van der Waals surface area contributed by atoms with Crippen LogP contribution in [0, 0.1) is 0 Å². The van der Waals surface area contributed by atoms with Crippen LogP contribution in [0.15, 0.2) is 64.4 Å². The molecule has 0 spiro atoms. The number of hydrogen-bond acceptors (Lipinski definition) is 5. The van der Waals surface area contributed by atoms with Crippen LogP contribution in [0.1, 0.15) is 11.1 Å². The molecular formula is C23H16Cl2N2O4. The second-order valence-electron chi connectivity index (χ2n) is 6.89. The van der Waals surface area contributed by atoms with E-state index in [1.165, 1.54) is 18.3 Å². The normalized spacial score (nSPS) is 11.4. The zero-order chi connectivity index (χ0) is 22.1. The van der Waals surface area contributed by atoms with Crippen molar-refractivity contribution < 1.29 is 15.3 Å². The molecule has 6 nitrogen and oxygen atoms in total. The quantitative estimate of drug-likeness (QED) is 0.250. The first kappa shape index (κ1) is 20.8. The third kappa shape index (κ3) is 4.21. The van der Waals surface area contributed by atoms with Crippen LogP contribution in [0.3, 0.4) is 0 Å². The van der Waals surface area contributed by atoms with E-state index in [0.717, 1.165) is 11.1 Å². The first-order valence-corrected chi connectivity index (χ1v) is 9.94. The number of nitrogens with zero attached hydrogens (tertiary/aromatic N) is 1. The van der Waals surface area contributed by atoms with Crippen LogP contribution in [-0.2, 0) is 6.54 Å². The van der Waals surface area contributed by atoms with E-state index >= 15 is 0 Å². The summed E-state index contributed by atoms with van der Waals surface area (Å²) in [4.78, 5) is 19.0. The molecule has 0 aliphatic heterocycles. The van der Waals surface area contributed by atoms with Crippen molar-refractivity contribution >= 4 is 40.2 Å². The summed E-state index contributed by atoms with van der Waals surface area (Å²) in [5.41, 5.74) is 2.05. The molecule has 0 radical (unpaired) electrons. The number of fused-ring (bicyclic) bond motifs is 1. The predicted octanol–water partition coefficient (Wildman–Crippen LogP) is 5.24. The van der Waals surface area contributed by atoms with Gasteiger partial charge in [0.15, 0.2) is 11.5 Å². The Morgan fingerprint density at radius 1 is 0.903 bits per heavy atom. The SMILES string of the molecule is O=c1[nH]c(O)c(C=NCc2ccc(O)c(O)c2)c2cc(-c3ccc(Cl)cc3Cl)ccc12. The average Bonchev–Trinajstić information content (AvgIpc) is 2.72. The van der Waals surface area contributed by atoms with Gasteiger partial charge in [-0.25, -0.2) is 0 Å². The number of benzene rings is 3. The highest BCUT2D eigenvalue weighted by Gasteiger charge is 2.12. The summed E-state index contributed by atoms with van der Waals surface area (Å²) in [6.45, 7) is 0.191. The lowest BCUT2D eigenvalue weighted by Gasteiger charge is -2.09. The van der Waals surface area contributed by atoms with Crippen molar-refractivity contribution in [3.8, 4) is 28.5 Å². The molecule has 0 saturated carbocycles. The van der Waals surface area contributed by atoms with Crippen LogP contribution in [0.2, 0.25) is 10.0 Å². The molecule has 3 aromatic carbocycles. The van der Waals surface area contributed by atoms with Crippen molar-refractivity contribution in [1.29, 1.82) is 0 Å². The van der Waals surface area contributed by atoms with Crippen LogP contribution in [0.25, 0.3) is 21.9 Å². The van der Waals surface area contributed by atoms with Crippen LogP contribution in [0.4, 0.5) is 0 Å². The maximum absolute atomic E-state index is 12.3. The minimum Gasteiger partial charge on any atom is -0.504 e. The molecule has 31 heavy (non-hydrogen) atoms. The van der Waals surface area contributed by atoms with Gasteiger partial charge in [-0.15, -0.1) is 0 Å². The lowest BCUT2D eigenvalue weighted by molar-refractivity contribution is 0.403. The largest absolute Gasteiger partial charge is 0.504 e. The van der Waals surface area contributed by atoms with Crippen molar-refractivity contribution in [2.45, 2.75) is 6.54 Å². The monoisotopic (exact) mass is 454 g/mol. The third-order valence-corrected chi connectivity index (χ3v) is 5.37. The van der Waals surface area contributed by atoms with Gasteiger partial charge in [-0.1, -0.05) is 41.4 Å². The van der Waals surface area contributed by atoms with Gasteiger partial charge in [0.2, 0.25) is 5.88 Å². The summed E-state index contributed by atoms with van der Waals surface area (Å²) >= 11 is 12.3. The second-order valence-corrected chi connectivity index (χ2v) is 7.74. The van der Waals surface area contributed by atoms with Crippen LogP contribution in [-0.4, -0.2) is 26.5 Å². The number of halogens is 2. The van der Waals surface area contributed by atoms with Crippen molar-refractivity contribution in [3.05, 3.63) is 86.1 Å². The number of aromatic nitrogens is 1. The lowest BCUT2D eigenvalue weighted by Crippen LogP contribution is -2.08. The maximum atomic E-state index is 12.3. The maximum Gasteiger partial charge on any atom is 0.258 e. The van der Waals surface area contributed by atoms with Gasteiger partial charge in [0.25, 0.3) is 5.56 Å². The highest BCUT2D eigenvalue weighted by atomic mass is 35.5. The molecule has 0 saturated heterocycles. The molecule has 4 aromatic rings. The molecule has 0 amide bonds. The van der Waals surface area contributed by atoms with Gasteiger partial charge in [-0.05, 0) is 47.5 Å². The lowest BCUT2D eigenvalue weighted by atomic mass is 9.99. The van der Waals surface area contributed by atoms with E-state index in [4.69, 9.17) is 23.2 Å². The van der Waals surface area contributed by atoms with Gasteiger partial charge in [-0.3, -0.25) is 14.8 Å². The van der Waals surface area contributed by atoms with Crippen LogP contribution >= 0.6 is 23.2 Å². The summed E-state index contributed by atoms with van der Waals surface area (Å²) < 4.78 is 0. The average molecular weight is 455 g/mol. The van der Waals surface area contributed by atoms with Gasteiger partial charge >= 0.3 is 0 Å². The van der Waals surface area contributed by atoms with Gasteiger partial charge < -0.3 is 15.3 Å². The fraction of sp³-hybridized carbons (Fsp3) is 0.0435. The minimum absolute atomic E-state index is 0.191. The number of pyridine rings is 1. The van der Waals surface area contributed by atoms with Crippen LogP contribution < -0.4 is 5.56 Å². The molecule has 156 valence electrons. The van der Waals surface area contributed by atoms with E-state index < -0.39 is 5.56 Å². The van der Waals surface area contributed by atoms with Gasteiger partial charge in [-0.2, -0.15) is 0 Å². The number of rotatable bonds is 4. The summed E-state index contributed by atoms with van der Waals surface area (Å²) in [7, 11) is 0. The Hall–Kier alpha value is -3.48. The van der Waals surface area contributed by atoms with Gasteiger partial charge in [0.1, 0.15) is 0 Å². The smallest absolute Gasteiger partial charge is 0.258 e. The zero-order valence-corrected chi connectivity index (χ0v) is 17.4. The predicted molar refractivity (Wildman–Crippen MR) is 123 cm³/mol. The molecular weight excluding hydrogens is 439 g/mol. The van der Waals surface area contributed by atoms with Crippen molar-refractivity contribution in [2.24, 2.45) is 4.99 Å². The fourth-order valence-corrected chi connectivity index (χ4v) is 3.78. The fourth-order valence-electron chi connectivity index (χ4n) is 3.27. The Bertz CT molecular complexity index is 1400. The molecule has 0 aliphatic rings. The number of aromatic hydroxyl groups is 3. The van der Waals surface area contributed by atoms with E-state index in [1.807, 2.05) is 0 Å². The number of hydrogen-bond donors (Lipinski definition) is 4. The summed E-state index contributed by atoms with van der Waals surface area (Å²) in [5, 5.41) is 31.2. The van der Waals surface area contributed by atoms with Gasteiger partial charge in [0, 0.05) is 32.6 Å². The molecule has 4 N–H and O–H groups in total. The number of nitrogens with one attached hydrogen (secondary N) is 1. The van der Waals surface area contributed by atoms with E-state index in [0.29, 0.717) is 31.9 Å². The van der Waals surface area contributed by atoms with Crippen molar-refractivity contribution in [2.75, 3.05) is 0 Å². The van der Waals surface area contributed by atoms with E-state index in [9.17, 15) is 20.1 Å². The summed E-state index contributed by atoms with van der Waals surface area (Å²) in [6.07, 6.45) is 1.45. The molecule has 4 rings (SSSR count). The molecule has 1 heterocycles. The molecule has 0 bridgehead atoms. The van der Waals surface area contributed by atoms with Crippen molar-refractivity contribution in [3.63, 3.8) is 0 Å². The summed E-state index contributed by atoms with van der Waals surface area (Å²) in [5.74, 6) is -0.769. The molecule has 0 unspecified atom stereocenters. The third-order valence-electron chi connectivity index (χ3n) is 4.82. The highest BCUT2D eigenvalue weighted by Crippen LogP contribution is 2.33. The van der Waals surface area contributed by atoms with Crippen LogP contribution in [0.5, 0.6) is 17.4 Å². The number of phenolic OH excluding ortho intramolecular Hbond substituents is 2. The number of H-pyrrole nitrogens is 1. The second kappa shape index (κ2) is 8.34. The van der Waals surface area contributed by atoms with E-state index in [2.05, 4.69) is 9.98 Å². The molecule has 1 aromatic heterocycles. The topological polar surface area (TPSA) is 106 Å². The minimum atomic E-state index is -0.429. The number of aromatic amines is 1. The molecule has 0 aliphatic carbocycles. The van der Waals surface area contributed by atoms with E-state index in [1.54, 1.807) is 42.5 Å². The highest BCUT2D eigenvalue weighted by molar-refractivity contribution is 6.36. The number of aliphatic imine (C=N–C) groups is 1. The summed E-state index contributed by atoms with van der Waals surface area (Å²) in [6, 6.07) is 14.7. The van der Waals surface area contributed by atoms with E-state index in [-0.39, 0.29) is 23.9 Å². The standard InChI is InChI=1S/C23H16Cl2N2O4/c24-14-3-5-15(19(25)9-14)13-2-4-16-17(8-13)18(23(31)27-22(16)30)11-26-10-12-1-6-20(28)21(29)7-12/h1-9,11,28-29H,10H2,(H2,27,30,31). The Kier molecular flexibility index (Phi) is 5.59. The Morgan fingerprint density at radius 3 is 2.45 bits per heavy atom. The first-order chi connectivity index (χ1) is 14.8.